The highest BCUT2D eigenvalue weighted by Gasteiger charge is 2.29. The van der Waals surface area contributed by atoms with Crippen LogP contribution < -0.4 is 10.6 Å². The molecule has 1 fully saturated rings. The van der Waals surface area contributed by atoms with Gasteiger partial charge in [-0.15, -0.1) is 0 Å². The SMILES string of the molecule is CC(C)Cc1ccc(C(C)NC(=O)c2cccc(S(=O)(=O)N3CCNC(=O)C3)c2)cc1. The molecule has 0 bridgehead atoms. The number of rotatable bonds is 7. The van der Waals surface area contributed by atoms with Crippen molar-refractivity contribution in [1.82, 2.24) is 14.9 Å². The number of nitrogens with one attached hydrogen (secondary N) is 2. The third-order valence-electron chi connectivity index (χ3n) is 5.21. The van der Waals surface area contributed by atoms with E-state index in [1.165, 1.54) is 23.8 Å². The van der Waals surface area contributed by atoms with Crippen LogP contribution in [0.15, 0.2) is 53.4 Å². The predicted octanol–water partition coefficient (Wildman–Crippen LogP) is 2.50. The van der Waals surface area contributed by atoms with Crippen molar-refractivity contribution in [3.05, 3.63) is 65.2 Å². The molecule has 166 valence electrons. The first-order valence-corrected chi connectivity index (χ1v) is 11.9. The topological polar surface area (TPSA) is 95.6 Å². The number of nitrogens with zero attached hydrogens (tertiary/aromatic N) is 1. The smallest absolute Gasteiger partial charge is 0.251 e. The Balaban J connectivity index is 1.71. The minimum absolute atomic E-state index is 0.000501. The van der Waals surface area contributed by atoms with E-state index in [-0.39, 0.29) is 47.9 Å². The number of benzene rings is 2. The average Bonchev–Trinajstić information content (AvgIpc) is 2.74. The van der Waals surface area contributed by atoms with Crippen LogP contribution in [-0.4, -0.2) is 44.2 Å². The molecule has 1 aliphatic heterocycles. The molecule has 0 aliphatic carbocycles. The number of carbonyl (C=O) groups excluding carboxylic acids is 2. The first kappa shape index (κ1) is 23.0. The zero-order chi connectivity index (χ0) is 22.6. The summed E-state index contributed by atoms with van der Waals surface area (Å²) < 4.78 is 26.9. The van der Waals surface area contributed by atoms with E-state index >= 15 is 0 Å². The molecule has 3 rings (SSSR count). The van der Waals surface area contributed by atoms with Crippen molar-refractivity contribution in [2.75, 3.05) is 19.6 Å². The maximum atomic E-state index is 12.9. The van der Waals surface area contributed by atoms with Gasteiger partial charge in [-0.25, -0.2) is 8.42 Å². The van der Waals surface area contributed by atoms with Crippen LogP contribution in [0.3, 0.4) is 0 Å². The number of carbonyl (C=O) groups is 2. The van der Waals surface area contributed by atoms with Gasteiger partial charge >= 0.3 is 0 Å². The molecule has 8 heteroatoms. The first-order valence-electron chi connectivity index (χ1n) is 10.4. The lowest BCUT2D eigenvalue weighted by Gasteiger charge is -2.26. The summed E-state index contributed by atoms with van der Waals surface area (Å²) in [7, 11) is -3.85. The van der Waals surface area contributed by atoms with Crippen molar-refractivity contribution in [2.45, 2.75) is 38.1 Å². The van der Waals surface area contributed by atoms with Gasteiger partial charge in [-0.3, -0.25) is 9.59 Å². The molecule has 2 amide bonds. The van der Waals surface area contributed by atoms with Crippen molar-refractivity contribution >= 4 is 21.8 Å². The Morgan fingerprint density at radius 1 is 1.13 bits per heavy atom. The molecule has 2 N–H and O–H groups in total. The Kier molecular flexibility index (Phi) is 7.12. The van der Waals surface area contributed by atoms with Crippen LogP contribution in [0.5, 0.6) is 0 Å². The van der Waals surface area contributed by atoms with Gasteiger partial charge in [-0.05, 0) is 48.6 Å². The van der Waals surface area contributed by atoms with Crippen LogP contribution >= 0.6 is 0 Å². The van der Waals surface area contributed by atoms with E-state index in [9.17, 15) is 18.0 Å². The van der Waals surface area contributed by atoms with Crippen LogP contribution in [0.4, 0.5) is 0 Å². The van der Waals surface area contributed by atoms with Gasteiger partial charge in [-0.2, -0.15) is 4.31 Å². The lowest BCUT2D eigenvalue weighted by atomic mass is 10.00. The van der Waals surface area contributed by atoms with E-state index < -0.39 is 10.0 Å². The van der Waals surface area contributed by atoms with Gasteiger partial charge in [-0.1, -0.05) is 44.2 Å². The third kappa shape index (κ3) is 5.71. The zero-order valence-electron chi connectivity index (χ0n) is 18.1. The van der Waals surface area contributed by atoms with Crippen molar-refractivity contribution in [3.8, 4) is 0 Å². The quantitative estimate of drug-likeness (QED) is 0.687. The van der Waals surface area contributed by atoms with Crippen molar-refractivity contribution in [1.29, 1.82) is 0 Å². The summed E-state index contributed by atoms with van der Waals surface area (Å²) in [6.07, 6.45) is 1.00. The summed E-state index contributed by atoms with van der Waals surface area (Å²) in [4.78, 5) is 24.3. The average molecular weight is 444 g/mol. The molecule has 1 heterocycles. The number of amides is 2. The van der Waals surface area contributed by atoms with E-state index in [2.05, 4.69) is 36.6 Å². The second kappa shape index (κ2) is 9.62. The minimum atomic E-state index is -3.85. The number of hydrogen-bond donors (Lipinski definition) is 2. The van der Waals surface area contributed by atoms with E-state index in [1.54, 1.807) is 6.07 Å². The minimum Gasteiger partial charge on any atom is -0.354 e. The number of hydrogen-bond acceptors (Lipinski definition) is 4. The molecule has 1 saturated heterocycles. The molecule has 2 aromatic rings. The summed E-state index contributed by atoms with van der Waals surface area (Å²) in [5, 5.41) is 5.53. The first-order chi connectivity index (χ1) is 14.7. The fourth-order valence-electron chi connectivity index (χ4n) is 3.54. The molecule has 2 aromatic carbocycles. The number of sulfonamides is 1. The highest BCUT2D eigenvalue weighted by atomic mass is 32.2. The second-order valence-electron chi connectivity index (χ2n) is 8.25. The predicted molar refractivity (Wildman–Crippen MR) is 119 cm³/mol. The normalized spacial score (nSPS) is 16.1. The molecule has 0 radical (unpaired) electrons. The van der Waals surface area contributed by atoms with Crippen molar-refractivity contribution in [2.24, 2.45) is 5.92 Å². The van der Waals surface area contributed by atoms with Gasteiger partial charge in [0.05, 0.1) is 17.5 Å². The zero-order valence-corrected chi connectivity index (χ0v) is 18.9. The fourth-order valence-corrected chi connectivity index (χ4v) is 4.99. The second-order valence-corrected chi connectivity index (χ2v) is 10.2. The van der Waals surface area contributed by atoms with Gasteiger partial charge in [0.15, 0.2) is 0 Å². The largest absolute Gasteiger partial charge is 0.354 e. The molecule has 0 saturated carbocycles. The highest BCUT2D eigenvalue weighted by Crippen LogP contribution is 2.20. The molecular formula is C23H29N3O4S. The van der Waals surface area contributed by atoms with Gasteiger partial charge in [0.2, 0.25) is 15.9 Å². The van der Waals surface area contributed by atoms with Gasteiger partial charge in [0.1, 0.15) is 0 Å². The van der Waals surface area contributed by atoms with E-state index in [0.717, 1.165) is 16.3 Å². The molecule has 1 aliphatic rings. The Hall–Kier alpha value is -2.71. The molecule has 0 aromatic heterocycles. The van der Waals surface area contributed by atoms with Crippen molar-refractivity contribution < 1.29 is 18.0 Å². The van der Waals surface area contributed by atoms with E-state index in [0.29, 0.717) is 5.92 Å². The lowest BCUT2D eigenvalue weighted by Crippen LogP contribution is -2.49. The fraction of sp³-hybridized carbons (Fsp3) is 0.391. The number of piperazine rings is 1. The maximum Gasteiger partial charge on any atom is 0.251 e. The standard InChI is InChI=1S/C23H29N3O4S/c1-16(2)13-18-7-9-19(10-8-18)17(3)25-23(28)20-5-4-6-21(14-20)31(29,30)26-12-11-24-22(27)15-26/h4-10,14,16-17H,11-13,15H2,1-3H3,(H,24,27)(H,25,28). The Morgan fingerprint density at radius 2 is 1.84 bits per heavy atom. The Morgan fingerprint density at radius 3 is 2.48 bits per heavy atom. The monoisotopic (exact) mass is 443 g/mol. The van der Waals surface area contributed by atoms with E-state index in [4.69, 9.17) is 0 Å². The lowest BCUT2D eigenvalue weighted by molar-refractivity contribution is -0.122. The molecule has 31 heavy (non-hydrogen) atoms. The highest BCUT2D eigenvalue weighted by molar-refractivity contribution is 7.89. The summed E-state index contributed by atoms with van der Waals surface area (Å²) in [6, 6.07) is 13.8. The van der Waals surface area contributed by atoms with Gasteiger partial charge in [0.25, 0.3) is 5.91 Å². The Labute approximate surface area is 183 Å². The molecular weight excluding hydrogens is 414 g/mol. The van der Waals surface area contributed by atoms with Crippen LogP contribution in [-0.2, 0) is 21.2 Å². The molecule has 1 atom stereocenters. The van der Waals surface area contributed by atoms with Crippen LogP contribution in [0.25, 0.3) is 0 Å². The summed E-state index contributed by atoms with van der Waals surface area (Å²) in [6.45, 7) is 6.49. The molecule has 1 unspecified atom stereocenters. The van der Waals surface area contributed by atoms with Gasteiger partial charge in [0, 0.05) is 18.7 Å². The summed E-state index contributed by atoms with van der Waals surface area (Å²) >= 11 is 0. The van der Waals surface area contributed by atoms with Crippen molar-refractivity contribution in [3.63, 3.8) is 0 Å². The molecule has 7 nitrogen and oxygen atoms in total. The van der Waals surface area contributed by atoms with Gasteiger partial charge < -0.3 is 10.6 Å². The van der Waals surface area contributed by atoms with Crippen LogP contribution in [0.1, 0.15) is 48.3 Å². The van der Waals surface area contributed by atoms with E-state index in [1.807, 2.05) is 19.1 Å². The van der Waals surface area contributed by atoms with Crippen LogP contribution in [0, 0.1) is 5.92 Å². The Bertz CT molecular complexity index is 1050. The summed E-state index contributed by atoms with van der Waals surface area (Å²) in [5.74, 6) is -0.116. The molecule has 0 spiro atoms. The summed E-state index contributed by atoms with van der Waals surface area (Å²) in [5.41, 5.74) is 2.48. The third-order valence-corrected chi connectivity index (χ3v) is 7.05. The maximum absolute atomic E-state index is 12.9. The van der Waals surface area contributed by atoms with Crippen LogP contribution in [0.2, 0.25) is 0 Å².